The zero-order valence-electron chi connectivity index (χ0n) is 33.5. The number of aliphatic hydroxyl groups is 5. The maximum absolute atomic E-state index is 14.1. The summed E-state index contributed by atoms with van der Waals surface area (Å²) in [6.07, 6.45) is 2.09. The first kappa shape index (κ1) is 44.9. The van der Waals surface area contributed by atoms with Gasteiger partial charge in [-0.25, -0.2) is 4.79 Å². The lowest BCUT2D eigenvalue weighted by Gasteiger charge is -2.37. The summed E-state index contributed by atoms with van der Waals surface area (Å²) in [5.74, 6) is -8.26. The lowest BCUT2D eigenvalue weighted by atomic mass is 9.82. The predicted molar refractivity (Wildman–Crippen MR) is 203 cm³/mol. The molecule has 3 aliphatic heterocycles. The molecule has 310 valence electrons. The van der Waals surface area contributed by atoms with Gasteiger partial charge >= 0.3 is 5.97 Å². The van der Waals surface area contributed by atoms with Gasteiger partial charge in [0.25, 0.3) is 11.7 Å². The van der Waals surface area contributed by atoms with Crippen molar-refractivity contribution in [2.24, 2.45) is 29.6 Å². The Balaban J connectivity index is 1.74. The molecule has 3 heterocycles. The SMILES string of the molecule is C=CCC1/C=C(\C)C[C@H](C)CC(OC)[C@@H](O)[C@@H]2C[C@@H](C)C(O)(O2)C(=O)C(=O)N2CCCC[C@H]2C(=O)OC(/C(C)=C/[C@@H]2CC[C@@H](O)[C@H](O)C2)[C@H](C)[C@@H](O)CC1=O. The van der Waals surface area contributed by atoms with Crippen LogP contribution in [0, 0.1) is 29.6 Å². The van der Waals surface area contributed by atoms with Crippen LogP contribution >= 0.6 is 0 Å². The molecule has 1 amide bonds. The predicted octanol–water partition coefficient (Wildman–Crippen LogP) is 3.33. The van der Waals surface area contributed by atoms with Crippen molar-refractivity contribution in [3.05, 3.63) is 36.0 Å². The molecule has 5 N–H and O–H groups in total. The zero-order valence-corrected chi connectivity index (χ0v) is 33.5. The average Bonchev–Trinajstić information content (AvgIpc) is 3.46. The van der Waals surface area contributed by atoms with Crippen molar-refractivity contribution in [1.29, 1.82) is 0 Å². The summed E-state index contributed by atoms with van der Waals surface area (Å²) in [5.41, 5.74) is 1.50. The van der Waals surface area contributed by atoms with Crippen LogP contribution in [-0.2, 0) is 33.4 Å². The molecule has 13 heteroatoms. The average molecular weight is 776 g/mol. The maximum atomic E-state index is 14.1. The van der Waals surface area contributed by atoms with Crippen molar-refractivity contribution >= 4 is 23.4 Å². The number of fused-ring (bicyclic) bond motifs is 3. The number of Topliss-reactive ketones (excluding diaryl/α,β-unsaturated/α-hetero) is 2. The van der Waals surface area contributed by atoms with Crippen molar-refractivity contribution < 1.29 is 58.9 Å². The van der Waals surface area contributed by atoms with Crippen LogP contribution in [0.3, 0.4) is 0 Å². The number of carbonyl (C=O) groups excluding carboxylic acids is 4. The first-order valence-corrected chi connectivity index (χ1v) is 20.1. The van der Waals surface area contributed by atoms with Crippen LogP contribution in [0.25, 0.3) is 0 Å². The minimum absolute atomic E-state index is 0.0190. The molecule has 4 rings (SSSR count). The number of aliphatic hydroxyl groups excluding tert-OH is 4. The minimum Gasteiger partial charge on any atom is -0.456 e. The van der Waals surface area contributed by atoms with E-state index < -0.39 is 90.0 Å². The van der Waals surface area contributed by atoms with Gasteiger partial charge in [0.1, 0.15) is 24.0 Å². The van der Waals surface area contributed by atoms with Gasteiger partial charge in [-0.2, -0.15) is 0 Å². The van der Waals surface area contributed by atoms with E-state index in [4.69, 9.17) is 14.2 Å². The van der Waals surface area contributed by atoms with Crippen molar-refractivity contribution in [1.82, 2.24) is 4.90 Å². The first-order chi connectivity index (χ1) is 25.9. The van der Waals surface area contributed by atoms with Crippen LogP contribution in [-0.4, -0.2) is 122 Å². The van der Waals surface area contributed by atoms with Gasteiger partial charge in [-0.3, -0.25) is 14.4 Å². The number of nitrogens with zero attached hydrogens (tertiary/aromatic N) is 1. The highest BCUT2D eigenvalue weighted by atomic mass is 16.7. The molecule has 0 aromatic rings. The molecule has 2 bridgehead atoms. The topological polar surface area (TPSA) is 200 Å². The van der Waals surface area contributed by atoms with Crippen molar-refractivity contribution in [3.8, 4) is 0 Å². The summed E-state index contributed by atoms with van der Waals surface area (Å²) in [4.78, 5) is 56.9. The number of amides is 1. The number of allylic oxidation sites excluding steroid dienone is 4. The van der Waals surface area contributed by atoms with E-state index in [-0.39, 0.29) is 43.4 Å². The molecule has 4 aliphatic rings. The van der Waals surface area contributed by atoms with Gasteiger partial charge in [-0.15, -0.1) is 6.58 Å². The molecule has 3 fully saturated rings. The van der Waals surface area contributed by atoms with Gasteiger partial charge in [-0.05, 0) is 95.5 Å². The third-order valence-electron chi connectivity index (χ3n) is 12.3. The van der Waals surface area contributed by atoms with E-state index in [0.717, 1.165) is 10.5 Å². The van der Waals surface area contributed by atoms with Gasteiger partial charge in [0.05, 0.1) is 30.5 Å². The maximum Gasteiger partial charge on any atom is 0.329 e. The summed E-state index contributed by atoms with van der Waals surface area (Å²) in [7, 11) is 1.46. The minimum atomic E-state index is -2.54. The zero-order chi connectivity index (χ0) is 40.8. The number of carbonyl (C=O) groups is 4. The number of ketones is 2. The number of hydrogen-bond acceptors (Lipinski definition) is 12. The summed E-state index contributed by atoms with van der Waals surface area (Å²) >= 11 is 0. The molecule has 1 saturated carbocycles. The van der Waals surface area contributed by atoms with Crippen LogP contribution in [0.5, 0.6) is 0 Å². The van der Waals surface area contributed by atoms with E-state index in [9.17, 15) is 44.7 Å². The molecule has 0 spiro atoms. The second-order valence-corrected chi connectivity index (χ2v) is 16.9. The molecule has 0 radical (unpaired) electrons. The quantitative estimate of drug-likeness (QED) is 0.155. The summed E-state index contributed by atoms with van der Waals surface area (Å²) < 4.78 is 17.7. The lowest BCUT2D eigenvalue weighted by Crippen LogP contribution is -2.57. The normalized spacial score (nSPS) is 42.0. The summed E-state index contributed by atoms with van der Waals surface area (Å²) in [5, 5.41) is 55.1. The first-order valence-electron chi connectivity index (χ1n) is 20.1. The highest BCUT2D eigenvalue weighted by Crippen LogP contribution is 2.39. The van der Waals surface area contributed by atoms with E-state index in [0.29, 0.717) is 56.9 Å². The van der Waals surface area contributed by atoms with Crippen LogP contribution < -0.4 is 0 Å². The van der Waals surface area contributed by atoms with Gasteiger partial charge in [0, 0.05) is 37.8 Å². The Kier molecular flexibility index (Phi) is 16.0. The number of esters is 1. The molecular weight excluding hydrogens is 710 g/mol. The Morgan fingerprint density at radius 1 is 0.982 bits per heavy atom. The third kappa shape index (κ3) is 10.8. The van der Waals surface area contributed by atoms with Crippen LogP contribution in [0.4, 0.5) is 0 Å². The van der Waals surface area contributed by atoms with E-state index >= 15 is 0 Å². The van der Waals surface area contributed by atoms with Gasteiger partial charge in [-0.1, -0.05) is 44.6 Å². The number of piperidine rings is 1. The Hall–Kier alpha value is -2.78. The number of rotatable bonds is 5. The van der Waals surface area contributed by atoms with E-state index in [1.807, 2.05) is 26.0 Å². The second kappa shape index (κ2) is 19.6. The molecule has 2 saturated heterocycles. The smallest absolute Gasteiger partial charge is 0.329 e. The standard InChI is InChI=1S/C42H65NO12/c1-8-11-29-17-23(2)16-24(3)18-35(53-7)37(48)36-20-26(5)42(52,55-36)39(49)40(50)43-15-10-9-12-30(43)41(51)54-38(27(6)32(45)22-33(29)46)25(4)19-28-13-14-31(44)34(47)21-28/h8,17,19,24,26-32,34-38,44-45,47-48,52H,1,9-16,18,20-22H2,2-7H3/b23-17+,25-19+/t24-,26+,27+,28-,29?,30-,31+,32-,34+,35?,36-,37+,38?,42?/m0/s1. The van der Waals surface area contributed by atoms with Gasteiger partial charge in [0.15, 0.2) is 0 Å². The molecule has 55 heavy (non-hydrogen) atoms. The fourth-order valence-corrected chi connectivity index (χ4v) is 8.96. The Morgan fingerprint density at radius 2 is 1.69 bits per heavy atom. The second-order valence-electron chi connectivity index (χ2n) is 16.9. The summed E-state index contributed by atoms with van der Waals surface area (Å²) in [6, 6.07) is -1.18. The largest absolute Gasteiger partial charge is 0.456 e. The van der Waals surface area contributed by atoms with Crippen LogP contribution in [0.1, 0.15) is 105 Å². The number of hydrogen-bond donors (Lipinski definition) is 5. The van der Waals surface area contributed by atoms with E-state index in [2.05, 4.69) is 6.58 Å². The van der Waals surface area contributed by atoms with E-state index in [1.165, 1.54) is 7.11 Å². The molecule has 14 atom stereocenters. The molecule has 0 aromatic heterocycles. The number of cyclic esters (lactones) is 1. The molecule has 4 unspecified atom stereocenters. The fourth-order valence-electron chi connectivity index (χ4n) is 8.96. The monoisotopic (exact) mass is 775 g/mol. The Bertz CT molecular complexity index is 1440. The molecule has 0 aromatic carbocycles. The molecular formula is C42H65NO12. The summed E-state index contributed by atoms with van der Waals surface area (Å²) in [6.45, 7) is 12.8. The van der Waals surface area contributed by atoms with Crippen LogP contribution in [0.15, 0.2) is 36.0 Å². The van der Waals surface area contributed by atoms with Crippen LogP contribution in [0.2, 0.25) is 0 Å². The Labute approximate surface area is 325 Å². The van der Waals surface area contributed by atoms with Crippen molar-refractivity contribution in [2.75, 3.05) is 13.7 Å². The highest BCUT2D eigenvalue weighted by molar-refractivity contribution is 6.39. The fraction of sp³-hybridized carbons (Fsp3) is 0.762. The lowest BCUT2D eigenvalue weighted by molar-refractivity contribution is -0.225. The number of methoxy groups -OCH3 is 1. The third-order valence-corrected chi connectivity index (χ3v) is 12.3. The molecule has 1 aliphatic carbocycles. The van der Waals surface area contributed by atoms with Crippen molar-refractivity contribution in [2.45, 2.75) is 160 Å². The highest BCUT2D eigenvalue weighted by Gasteiger charge is 2.57. The van der Waals surface area contributed by atoms with Crippen molar-refractivity contribution in [3.63, 3.8) is 0 Å². The van der Waals surface area contributed by atoms with E-state index in [1.54, 1.807) is 26.8 Å². The Morgan fingerprint density at radius 3 is 2.35 bits per heavy atom. The number of ether oxygens (including phenoxy) is 3. The van der Waals surface area contributed by atoms with Gasteiger partial charge in [0.2, 0.25) is 5.79 Å². The molecule has 13 nitrogen and oxygen atoms in total. The van der Waals surface area contributed by atoms with Gasteiger partial charge < -0.3 is 44.6 Å².